The van der Waals surface area contributed by atoms with Crippen LogP contribution in [0.4, 0.5) is 5.13 Å². The molecule has 2 amide bonds. The Bertz CT molecular complexity index is 1350. The molecule has 8 nitrogen and oxygen atoms in total. The number of fused-ring (bicyclic) bond motifs is 1. The highest BCUT2D eigenvalue weighted by Gasteiger charge is 2.64. The van der Waals surface area contributed by atoms with E-state index in [2.05, 4.69) is 42.8 Å². The van der Waals surface area contributed by atoms with Crippen molar-refractivity contribution in [2.75, 3.05) is 25.0 Å². The highest BCUT2D eigenvalue weighted by Crippen LogP contribution is 2.54. The van der Waals surface area contributed by atoms with Crippen molar-refractivity contribution in [2.45, 2.75) is 83.3 Å². The van der Waals surface area contributed by atoms with Crippen LogP contribution in [0.5, 0.6) is 0 Å². The van der Waals surface area contributed by atoms with Gasteiger partial charge in [0.25, 0.3) is 11.8 Å². The van der Waals surface area contributed by atoms with Crippen molar-refractivity contribution >= 4 is 38.6 Å². The number of rotatable bonds is 5. The largest absolute Gasteiger partial charge is 0.330 e. The highest BCUT2D eigenvalue weighted by atomic mass is 32.1. The molecule has 0 radical (unpaired) electrons. The zero-order chi connectivity index (χ0) is 25.9. The fourth-order valence-corrected chi connectivity index (χ4v) is 7.13. The lowest BCUT2D eigenvalue weighted by Gasteiger charge is -2.28. The fourth-order valence-electron chi connectivity index (χ4n) is 6.21. The number of benzene rings is 1. The maximum absolute atomic E-state index is 14.1. The standard InChI is InChI=1S/C28H36N6O2S/c1-5-18-9-11-19(12-10-18)24(35)30-26-29-23-22(37-26)21(31-34(23)27(2,3)4)25(36)33-16-8-13-28(33)17-20(28)32-14-6-7-15-32/h9-12,20H,5-8,13-17H2,1-4H3,(H,29,30,35)/t20-,28?/m1/s1. The molecular weight excluding hydrogens is 484 g/mol. The molecule has 1 saturated carbocycles. The average Bonchev–Trinajstić information content (AvgIpc) is 3.38. The summed E-state index contributed by atoms with van der Waals surface area (Å²) >= 11 is 1.34. The first-order valence-corrected chi connectivity index (χ1v) is 14.4. The van der Waals surface area contributed by atoms with Gasteiger partial charge in [0.15, 0.2) is 16.5 Å². The quantitative estimate of drug-likeness (QED) is 0.517. The van der Waals surface area contributed by atoms with Crippen molar-refractivity contribution in [1.82, 2.24) is 24.6 Å². The van der Waals surface area contributed by atoms with E-state index in [1.54, 1.807) is 0 Å². The Labute approximate surface area is 222 Å². The van der Waals surface area contributed by atoms with E-state index in [9.17, 15) is 9.59 Å². The van der Waals surface area contributed by atoms with Gasteiger partial charge in [0.2, 0.25) is 0 Å². The van der Waals surface area contributed by atoms with Crippen LogP contribution in [0.15, 0.2) is 24.3 Å². The second-order valence-electron chi connectivity index (χ2n) is 11.7. The van der Waals surface area contributed by atoms with Crippen LogP contribution < -0.4 is 5.32 Å². The monoisotopic (exact) mass is 520 g/mol. The maximum Gasteiger partial charge on any atom is 0.276 e. The Kier molecular flexibility index (Phi) is 5.91. The van der Waals surface area contributed by atoms with E-state index >= 15 is 0 Å². The number of amides is 2. The van der Waals surface area contributed by atoms with E-state index in [1.807, 2.05) is 28.9 Å². The minimum Gasteiger partial charge on any atom is -0.330 e. The summed E-state index contributed by atoms with van der Waals surface area (Å²) in [7, 11) is 0. The molecule has 1 spiro atoms. The normalized spacial score (nSPS) is 23.9. The number of thiazole rings is 1. The average molecular weight is 521 g/mol. The number of hydrogen-bond acceptors (Lipinski definition) is 6. The lowest BCUT2D eigenvalue weighted by molar-refractivity contribution is 0.0682. The van der Waals surface area contributed by atoms with Gasteiger partial charge in [-0.3, -0.25) is 19.8 Å². The van der Waals surface area contributed by atoms with Crippen LogP contribution in [0.3, 0.4) is 0 Å². The molecule has 3 aliphatic rings. The Morgan fingerprint density at radius 1 is 1.11 bits per heavy atom. The lowest BCUT2D eigenvalue weighted by Crippen LogP contribution is -2.43. The molecular formula is C28H36N6O2S. The van der Waals surface area contributed by atoms with Crippen molar-refractivity contribution in [3.63, 3.8) is 0 Å². The van der Waals surface area contributed by atoms with Gasteiger partial charge in [0.05, 0.1) is 11.1 Å². The Morgan fingerprint density at radius 3 is 2.51 bits per heavy atom. The molecule has 3 aromatic rings. The molecule has 0 bridgehead atoms. The number of nitrogens with one attached hydrogen (secondary N) is 1. The molecule has 4 heterocycles. The Hall–Kier alpha value is -2.78. The number of aromatic nitrogens is 3. The summed E-state index contributed by atoms with van der Waals surface area (Å²) in [5, 5.41) is 8.27. The van der Waals surface area contributed by atoms with Crippen LogP contribution in [0.2, 0.25) is 0 Å². The number of aryl methyl sites for hydroxylation is 1. The molecule has 1 aliphatic carbocycles. The zero-order valence-electron chi connectivity index (χ0n) is 22.2. The smallest absolute Gasteiger partial charge is 0.276 e. The minimum absolute atomic E-state index is 0.00359. The Morgan fingerprint density at radius 2 is 1.84 bits per heavy atom. The van der Waals surface area contributed by atoms with E-state index in [-0.39, 0.29) is 22.9 Å². The van der Waals surface area contributed by atoms with Gasteiger partial charge < -0.3 is 4.90 Å². The second-order valence-corrected chi connectivity index (χ2v) is 12.7. The minimum atomic E-state index is -0.359. The summed E-state index contributed by atoms with van der Waals surface area (Å²) < 4.78 is 2.59. The van der Waals surface area contributed by atoms with Crippen LogP contribution in [0, 0.1) is 0 Å². The molecule has 2 aliphatic heterocycles. The SMILES string of the molecule is CCc1ccc(C(=O)Nc2nc3c(s2)c(C(=O)N2CCCC24C[C@H]4N2CCCC2)nn3C(C)(C)C)cc1. The molecule has 196 valence electrons. The molecule has 2 atom stereocenters. The number of anilines is 1. The van der Waals surface area contributed by atoms with Gasteiger partial charge in [-0.15, -0.1) is 0 Å². The first-order chi connectivity index (χ1) is 17.7. The molecule has 1 unspecified atom stereocenters. The van der Waals surface area contributed by atoms with E-state index in [0.29, 0.717) is 28.1 Å². The van der Waals surface area contributed by atoms with Crippen LogP contribution in [0.1, 0.15) is 86.2 Å². The number of likely N-dealkylation sites (tertiary alicyclic amines) is 2. The van der Waals surface area contributed by atoms with Crippen molar-refractivity contribution in [3.05, 3.63) is 41.1 Å². The van der Waals surface area contributed by atoms with Gasteiger partial charge in [0, 0.05) is 18.2 Å². The topological polar surface area (TPSA) is 83.4 Å². The van der Waals surface area contributed by atoms with E-state index in [1.165, 1.54) is 29.7 Å². The summed E-state index contributed by atoms with van der Waals surface area (Å²) in [6, 6.07) is 8.11. The molecule has 1 aromatic carbocycles. The summed E-state index contributed by atoms with van der Waals surface area (Å²) in [6.45, 7) is 11.3. The number of carbonyl (C=O) groups excluding carboxylic acids is 2. The summed E-state index contributed by atoms with van der Waals surface area (Å²) in [4.78, 5) is 36.4. The van der Waals surface area contributed by atoms with E-state index < -0.39 is 0 Å². The van der Waals surface area contributed by atoms with Gasteiger partial charge >= 0.3 is 0 Å². The third-order valence-corrected chi connectivity index (χ3v) is 9.24. The van der Waals surface area contributed by atoms with Gasteiger partial charge in [0.1, 0.15) is 4.70 Å². The molecule has 2 aromatic heterocycles. The third-order valence-electron chi connectivity index (χ3n) is 8.27. The number of carbonyl (C=O) groups is 2. The molecule has 6 rings (SSSR count). The van der Waals surface area contributed by atoms with Crippen LogP contribution in [-0.4, -0.2) is 67.6 Å². The van der Waals surface area contributed by atoms with Crippen molar-refractivity contribution < 1.29 is 9.59 Å². The zero-order valence-corrected chi connectivity index (χ0v) is 23.0. The molecule has 37 heavy (non-hydrogen) atoms. The lowest BCUT2D eigenvalue weighted by atomic mass is 10.1. The molecule has 1 N–H and O–H groups in total. The van der Waals surface area contributed by atoms with Gasteiger partial charge in [-0.2, -0.15) is 10.1 Å². The molecule has 3 fully saturated rings. The van der Waals surface area contributed by atoms with Crippen molar-refractivity contribution in [3.8, 4) is 0 Å². The van der Waals surface area contributed by atoms with E-state index in [4.69, 9.17) is 10.1 Å². The first-order valence-electron chi connectivity index (χ1n) is 13.6. The predicted octanol–water partition coefficient (Wildman–Crippen LogP) is 4.91. The van der Waals surface area contributed by atoms with Gasteiger partial charge in [-0.25, -0.2) is 4.68 Å². The number of nitrogens with zero attached hydrogens (tertiary/aromatic N) is 5. The summed E-state index contributed by atoms with van der Waals surface area (Å²) in [6.07, 6.45) is 6.63. The van der Waals surface area contributed by atoms with Crippen molar-refractivity contribution in [2.24, 2.45) is 0 Å². The van der Waals surface area contributed by atoms with Crippen LogP contribution in [-0.2, 0) is 12.0 Å². The second kappa shape index (κ2) is 8.91. The van der Waals surface area contributed by atoms with Crippen LogP contribution in [0.25, 0.3) is 10.3 Å². The maximum atomic E-state index is 14.1. The van der Waals surface area contributed by atoms with E-state index in [0.717, 1.165) is 50.0 Å². The number of hydrogen-bond donors (Lipinski definition) is 1. The summed E-state index contributed by atoms with van der Waals surface area (Å²) in [5.41, 5.74) is 2.49. The first kappa shape index (κ1) is 24.6. The third kappa shape index (κ3) is 4.16. The molecule has 2 saturated heterocycles. The van der Waals surface area contributed by atoms with Crippen molar-refractivity contribution in [1.29, 1.82) is 0 Å². The molecule has 9 heteroatoms. The summed E-state index contributed by atoms with van der Waals surface area (Å²) in [5.74, 6) is -0.198. The highest BCUT2D eigenvalue weighted by molar-refractivity contribution is 7.22. The van der Waals surface area contributed by atoms with Crippen LogP contribution >= 0.6 is 11.3 Å². The van der Waals surface area contributed by atoms with Gasteiger partial charge in [-0.05, 0) is 90.1 Å². The van der Waals surface area contributed by atoms with Gasteiger partial charge in [-0.1, -0.05) is 30.4 Å². The fraction of sp³-hybridized carbons (Fsp3) is 0.571. The Balaban J connectivity index is 1.31. The predicted molar refractivity (Wildman–Crippen MR) is 146 cm³/mol.